The first-order chi connectivity index (χ1) is 13.3. The second-order valence-corrected chi connectivity index (χ2v) is 8.34. The van der Waals surface area contributed by atoms with Gasteiger partial charge in [-0.05, 0) is 57.0 Å². The molecule has 28 heavy (non-hydrogen) atoms. The maximum absolute atomic E-state index is 12.9. The number of nitrogens with zero attached hydrogens (tertiary/aromatic N) is 1. The van der Waals surface area contributed by atoms with Gasteiger partial charge < -0.3 is 14.9 Å². The topological polar surface area (TPSA) is 66.9 Å². The van der Waals surface area contributed by atoms with Gasteiger partial charge in [-0.1, -0.05) is 29.3 Å². The minimum absolute atomic E-state index is 0.130. The number of pyridine rings is 1. The monoisotopic (exact) mass is 443 g/mol. The number of hydrogen-bond donors (Lipinski definition) is 2. The van der Waals surface area contributed by atoms with Crippen molar-refractivity contribution in [3.8, 4) is 0 Å². The van der Waals surface area contributed by atoms with E-state index in [2.05, 4.69) is 51.6 Å². The van der Waals surface area contributed by atoms with Crippen LogP contribution in [-0.2, 0) is 13.0 Å². The number of carbonyl (C=O) groups is 1. The Labute approximate surface area is 173 Å². The van der Waals surface area contributed by atoms with E-state index in [1.165, 1.54) is 0 Å². The highest BCUT2D eigenvalue weighted by Crippen LogP contribution is 2.27. The highest BCUT2D eigenvalue weighted by molar-refractivity contribution is 9.10. The van der Waals surface area contributed by atoms with Crippen LogP contribution in [0.25, 0.3) is 10.9 Å². The fourth-order valence-electron chi connectivity index (χ4n) is 3.54. The van der Waals surface area contributed by atoms with Crippen molar-refractivity contribution in [2.24, 2.45) is 0 Å². The lowest BCUT2D eigenvalue weighted by Crippen LogP contribution is -2.28. The predicted molar refractivity (Wildman–Crippen MR) is 117 cm³/mol. The summed E-state index contributed by atoms with van der Waals surface area (Å²) in [5.74, 6) is -0.191. The molecule has 0 bridgehead atoms. The smallest absolute Gasteiger partial charge is 0.253 e. The lowest BCUT2D eigenvalue weighted by atomic mass is 10.1. The first-order valence-corrected chi connectivity index (χ1v) is 10.4. The number of aryl methyl sites for hydroxylation is 2. The molecule has 148 valence electrons. The van der Waals surface area contributed by atoms with Crippen LogP contribution in [0, 0.1) is 6.92 Å². The molecule has 0 saturated carbocycles. The molecular weight excluding hydrogens is 418 g/mol. The zero-order valence-electron chi connectivity index (χ0n) is 16.7. The van der Waals surface area contributed by atoms with Crippen molar-refractivity contribution in [1.29, 1.82) is 0 Å². The van der Waals surface area contributed by atoms with Gasteiger partial charge in [0.15, 0.2) is 0 Å². The third-order valence-corrected chi connectivity index (χ3v) is 5.42. The van der Waals surface area contributed by atoms with Crippen molar-refractivity contribution < 1.29 is 4.79 Å². The molecule has 2 heterocycles. The van der Waals surface area contributed by atoms with E-state index in [0.717, 1.165) is 39.5 Å². The van der Waals surface area contributed by atoms with Crippen LogP contribution in [-0.4, -0.2) is 15.5 Å². The zero-order valence-corrected chi connectivity index (χ0v) is 18.3. The summed E-state index contributed by atoms with van der Waals surface area (Å²) in [5, 5.41) is 3.82. The first-order valence-electron chi connectivity index (χ1n) is 9.61. The standard InChI is InChI=1S/C22H26BrN3O2/c1-5-6-16-9-14(4)19(22(28)25-16)12-24-21(27)18-10-15(23)11-20-17(18)7-8-26(20)13(2)3/h7-11,13H,5-6,12H2,1-4H3,(H,24,27)(H,25,28). The summed E-state index contributed by atoms with van der Waals surface area (Å²) in [4.78, 5) is 28.2. The molecule has 6 heteroatoms. The van der Waals surface area contributed by atoms with Crippen LogP contribution in [0.2, 0.25) is 0 Å². The molecule has 0 aliphatic rings. The Morgan fingerprint density at radius 1 is 1.29 bits per heavy atom. The number of hydrogen-bond acceptors (Lipinski definition) is 2. The van der Waals surface area contributed by atoms with Crippen LogP contribution in [0.15, 0.2) is 39.7 Å². The molecule has 0 aliphatic heterocycles. The highest BCUT2D eigenvalue weighted by atomic mass is 79.9. The van der Waals surface area contributed by atoms with Gasteiger partial charge in [-0.2, -0.15) is 0 Å². The number of aromatic nitrogens is 2. The minimum Gasteiger partial charge on any atom is -0.348 e. The van der Waals surface area contributed by atoms with Crippen molar-refractivity contribution in [2.45, 2.75) is 53.1 Å². The Balaban J connectivity index is 1.88. The van der Waals surface area contributed by atoms with Crippen LogP contribution in [0.1, 0.15) is 60.4 Å². The van der Waals surface area contributed by atoms with E-state index in [1.807, 2.05) is 37.4 Å². The number of carbonyl (C=O) groups excluding carboxylic acids is 1. The van der Waals surface area contributed by atoms with Crippen LogP contribution in [0.5, 0.6) is 0 Å². The normalized spacial score (nSPS) is 11.4. The van der Waals surface area contributed by atoms with Crippen LogP contribution in [0.3, 0.4) is 0 Å². The molecule has 1 aromatic carbocycles. The number of amides is 1. The van der Waals surface area contributed by atoms with Crippen LogP contribution < -0.4 is 10.9 Å². The average Bonchev–Trinajstić information content (AvgIpc) is 3.04. The summed E-state index contributed by atoms with van der Waals surface area (Å²) in [6.45, 7) is 8.41. The molecule has 2 aromatic heterocycles. The van der Waals surface area contributed by atoms with E-state index in [1.54, 1.807) is 0 Å². The van der Waals surface area contributed by atoms with Crippen molar-refractivity contribution >= 4 is 32.7 Å². The zero-order chi connectivity index (χ0) is 20.4. The minimum atomic E-state index is -0.191. The summed E-state index contributed by atoms with van der Waals surface area (Å²) in [6, 6.07) is 8.10. The van der Waals surface area contributed by atoms with Gasteiger partial charge in [0.25, 0.3) is 11.5 Å². The Bertz CT molecular complexity index is 1080. The molecule has 3 aromatic rings. The van der Waals surface area contributed by atoms with Crippen molar-refractivity contribution in [3.63, 3.8) is 0 Å². The van der Waals surface area contributed by atoms with Crippen molar-refractivity contribution in [3.05, 3.63) is 67.7 Å². The Morgan fingerprint density at radius 2 is 2.04 bits per heavy atom. The van der Waals surface area contributed by atoms with E-state index in [9.17, 15) is 9.59 Å². The number of H-pyrrole nitrogens is 1. The lowest BCUT2D eigenvalue weighted by Gasteiger charge is -2.12. The number of benzene rings is 1. The summed E-state index contributed by atoms with van der Waals surface area (Å²) in [6.07, 6.45) is 3.81. The molecule has 0 fully saturated rings. The average molecular weight is 444 g/mol. The van der Waals surface area contributed by atoms with Gasteiger partial charge in [-0.25, -0.2) is 0 Å². The summed E-state index contributed by atoms with van der Waals surface area (Å²) >= 11 is 3.51. The third kappa shape index (κ3) is 4.07. The number of rotatable bonds is 6. The van der Waals surface area contributed by atoms with E-state index < -0.39 is 0 Å². The van der Waals surface area contributed by atoms with E-state index in [-0.39, 0.29) is 18.0 Å². The molecule has 5 nitrogen and oxygen atoms in total. The quantitative estimate of drug-likeness (QED) is 0.570. The Kier molecular flexibility index (Phi) is 6.08. The molecule has 0 saturated heterocycles. The van der Waals surface area contributed by atoms with Gasteiger partial charge in [0.2, 0.25) is 0 Å². The molecule has 2 N–H and O–H groups in total. The van der Waals surface area contributed by atoms with Crippen molar-refractivity contribution in [1.82, 2.24) is 14.9 Å². The summed E-state index contributed by atoms with van der Waals surface area (Å²) in [5.41, 5.74) is 3.91. The van der Waals surface area contributed by atoms with Gasteiger partial charge in [0.1, 0.15) is 0 Å². The van der Waals surface area contributed by atoms with Gasteiger partial charge >= 0.3 is 0 Å². The summed E-state index contributed by atoms with van der Waals surface area (Å²) < 4.78 is 2.99. The molecule has 0 spiro atoms. The van der Waals surface area contributed by atoms with Crippen LogP contribution in [0.4, 0.5) is 0 Å². The van der Waals surface area contributed by atoms with Gasteiger partial charge in [-0.15, -0.1) is 0 Å². The molecule has 0 unspecified atom stereocenters. The van der Waals surface area contributed by atoms with E-state index in [4.69, 9.17) is 0 Å². The van der Waals surface area contributed by atoms with Crippen molar-refractivity contribution in [2.75, 3.05) is 0 Å². The molecule has 0 atom stereocenters. The molecule has 3 rings (SSSR count). The first kappa shape index (κ1) is 20.4. The number of fused-ring (bicyclic) bond motifs is 1. The van der Waals surface area contributed by atoms with Crippen LogP contribution >= 0.6 is 15.9 Å². The highest BCUT2D eigenvalue weighted by Gasteiger charge is 2.16. The Morgan fingerprint density at radius 3 is 2.68 bits per heavy atom. The molecule has 0 aliphatic carbocycles. The van der Waals surface area contributed by atoms with Gasteiger partial charge in [0.05, 0.1) is 5.52 Å². The second-order valence-electron chi connectivity index (χ2n) is 7.42. The van der Waals surface area contributed by atoms with Gasteiger partial charge in [-0.3, -0.25) is 9.59 Å². The molecular formula is C22H26BrN3O2. The fraction of sp³-hybridized carbons (Fsp3) is 0.364. The maximum atomic E-state index is 12.9. The maximum Gasteiger partial charge on any atom is 0.253 e. The number of nitrogens with one attached hydrogen (secondary N) is 2. The molecule has 1 amide bonds. The SMILES string of the molecule is CCCc1cc(C)c(CNC(=O)c2cc(Br)cc3c2ccn3C(C)C)c(=O)[nH]1. The fourth-order valence-corrected chi connectivity index (χ4v) is 3.98. The van der Waals surface area contributed by atoms with Gasteiger partial charge in [0, 0.05) is 45.5 Å². The predicted octanol–water partition coefficient (Wildman–Crippen LogP) is 4.86. The van der Waals surface area contributed by atoms with E-state index >= 15 is 0 Å². The number of aromatic amines is 1. The molecule has 0 radical (unpaired) electrons. The van der Waals surface area contributed by atoms with E-state index in [0.29, 0.717) is 17.2 Å². The third-order valence-electron chi connectivity index (χ3n) is 4.96. The largest absolute Gasteiger partial charge is 0.348 e. The number of halogens is 1. The second kappa shape index (κ2) is 8.35. The summed E-state index contributed by atoms with van der Waals surface area (Å²) in [7, 11) is 0. The Hall–Kier alpha value is -2.34. The lowest BCUT2D eigenvalue weighted by molar-refractivity contribution is 0.0952.